The number of nitrogens with one attached hydrogen (secondary N) is 1. The van der Waals surface area contributed by atoms with E-state index in [2.05, 4.69) is 5.32 Å². The summed E-state index contributed by atoms with van der Waals surface area (Å²) in [4.78, 5) is 23.4. The quantitative estimate of drug-likeness (QED) is 0.807. The van der Waals surface area contributed by atoms with Crippen molar-refractivity contribution >= 4 is 11.9 Å². The number of benzene rings is 1. The van der Waals surface area contributed by atoms with E-state index in [0.717, 1.165) is 18.4 Å². The van der Waals surface area contributed by atoms with Crippen molar-refractivity contribution in [2.24, 2.45) is 5.92 Å². The molecule has 5 heteroatoms. The van der Waals surface area contributed by atoms with Crippen molar-refractivity contribution in [3.8, 4) is 5.75 Å². The number of hydrogen-bond acceptors (Lipinski definition) is 3. The Kier molecular flexibility index (Phi) is 4.83. The number of carboxylic acids is 1. The van der Waals surface area contributed by atoms with Gasteiger partial charge in [0.15, 0.2) is 6.10 Å². The molecule has 0 spiro atoms. The van der Waals surface area contributed by atoms with Gasteiger partial charge in [-0.2, -0.15) is 0 Å². The Morgan fingerprint density at radius 3 is 2.67 bits per heavy atom. The largest absolute Gasteiger partial charge is 0.481 e. The first kappa shape index (κ1) is 15.4. The van der Waals surface area contributed by atoms with Crippen LogP contribution in [-0.2, 0) is 9.59 Å². The summed E-state index contributed by atoms with van der Waals surface area (Å²) in [6.45, 7) is 3.79. The van der Waals surface area contributed by atoms with Crippen LogP contribution in [0.4, 0.5) is 0 Å². The van der Waals surface area contributed by atoms with Gasteiger partial charge >= 0.3 is 5.97 Å². The number of ether oxygens (including phenoxy) is 1. The van der Waals surface area contributed by atoms with Gasteiger partial charge in [-0.1, -0.05) is 19.1 Å². The molecule has 0 bridgehead atoms. The van der Waals surface area contributed by atoms with E-state index in [0.29, 0.717) is 12.2 Å². The van der Waals surface area contributed by atoms with Gasteiger partial charge in [0.2, 0.25) is 0 Å². The van der Waals surface area contributed by atoms with Crippen LogP contribution in [0.15, 0.2) is 24.3 Å². The third kappa shape index (κ3) is 4.21. The second-order valence-corrected chi connectivity index (χ2v) is 5.49. The van der Waals surface area contributed by atoms with Gasteiger partial charge in [0.25, 0.3) is 5.91 Å². The molecule has 0 aromatic heterocycles. The number of carbonyl (C=O) groups is 2. The van der Waals surface area contributed by atoms with Gasteiger partial charge in [0.05, 0.1) is 0 Å². The van der Waals surface area contributed by atoms with E-state index < -0.39 is 18.1 Å². The van der Waals surface area contributed by atoms with Crippen molar-refractivity contribution in [3.63, 3.8) is 0 Å². The number of carboxylic acid groups (broad SMARTS) is 1. The lowest BCUT2D eigenvalue weighted by molar-refractivity contribution is -0.143. The molecule has 2 N–H and O–H groups in total. The smallest absolute Gasteiger partial charge is 0.326 e. The minimum absolute atomic E-state index is 0.0583. The molecule has 0 aliphatic heterocycles. The SMILES string of the molecule is CCC(Oc1cccc(C)c1)C(=O)NC(C(=O)O)C1CC1. The zero-order valence-electron chi connectivity index (χ0n) is 12.3. The first-order valence-electron chi connectivity index (χ1n) is 7.27. The Morgan fingerprint density at radius 2 is 2.14 bits per heavy atom. The molecule has 2 unspecified atom stereocenters. The monoisotopic (exact) mass is 291 g/mol. The van der Waals surface area contributed by atoms with Crippen LogP contribution in [0, 0.1) is 12.8 Å². The fourth-order valence-corrected chi connectivity index (χ4v) is 2.23. The number of hydrogen-bond donors (Lipinski definition) is 2. The predicted molar refractivity (Wildman–Crippen MR) is 78.2 cm³/mol. The van der Waals surface area contributed by atoms with E-state index in [1.54, 1.807) is 6.07 Å². The van der Waals surface area contributed by atoms with Gasteiger partial charge in [-0.25, -0.2) is 4.79 Å². The van der Waals surface area contributed by atoms with Crippen LogP contribution in [0.1, 0.15) is 31.7 Å². The average molecular weight is 291 g/mol. The lowest BCUT2D eigenvalue weighted by Gasteiger charge is -2.20. The Labute approximate surface area is 124 Å². The van der Waals surface area contributed by atoms with Crippen LogP contribution in [0.2, 0.25) is 0 Å². The van der Waals surface area contributed by atoms with Crippen LogP contribution in [0.3, 0.4) is 0 Å². The van der Waals surface area contributed by atoms with Crippen molar-refractivity contribution in [2.75, 3.05) is 0 Å². The molecule has 1 fully saturated rings. The maximum atomic E-state index is 12.2. The van der Waals surface area contributed by atoms with Crippen LogP contribution in [-0.4, -0.2) is 29.1 Å². The van der Waals surface area contributed by atoms with Gasteiger partial charge in [-0.15, -0.1) is 0 Å². The summed E-state index contributed by atoms with van der Waals surface area (Å²) < 4.78 is 5.68. The summed E-state index contributed by atoms with van der Waals surface area (Å²) in [7, 11) is 0. The van der Waals surface area contributed by atoms with E-state index in [4.69, 9.17) is 9.84 Å². The Balaban J connectivity index is 1.99. The average Bonchev–Trinajstić information content (AvgIpc) is 3.26. The molecule has 1 aromatic rings. The number of rotatable bonds is 7. The van der Waals surface area contributed by atoms with Crippen molar-refractivity contribution in [1.29, 1.82) is 0 Å². The Hall–Kier alpha value is -2.04. The zero-order valence-corrected chi connectivity index (χ0v) is 12.3. The molecule has 0 heterocycles. The first-order chi connectivity index (χ1) is 10.0. The first-order valence-corrected chi connectivity index (χ1v) is 7.27. The van der Waals surface area contributed by atoms with E-state index in [1.807, 2.05) is 32.0 Å². The molecule has 1 amide bonds. The van der Waals surface area contributed by atoms with E-state index >= 15 is 0 Å². The minimum Gasteiger partial charge on any atom is -0.481 e. The number of aryl methyl sites for hydroxylation is 1. The van der Waals surface area contributed by atoms with E-state index in [1.165, 1.54) is 0 Å². The lowest BCUT2D eigenvalue weighted by atomic mass is 10.1. The van der Waals surface area contributed by atoms with Gasteiger partial charge in [0.1, 0.15) is 11.8 Å². The third-order valence-electron chi connectivity index (χ3n) is 3.59. The normalized spacial score (nSPS) is 16.9. The van der Waals surface area contributed by atoms with E-state index in [9.17, 15) is 9.59 Å². The van der Waals surface area contributed by atoms with E-state index in [-0.39, 0.29) is 11.8 Å². The molecular weight excluding hydrogens is 270 g/mol. The molecule has 2 rings (SSSR count). The molecular formula is C16H21NO4. The van der Waals surface area contributed by atoms with Gasteiger partial charge in [-0.05, 0) is 49.8 Å². The molecule has 2 atom stereocenters. The molecule has 0 radical (unpaired) electrons. The highest BCUT2D eigenvalue weighted by Gasteiger charge is 2.38. The highest BCUT2D eigenvalue weighted by Crippen LogP contribution is 2.32. The molecule has 1 aliphatic carbocycles. The third-order valence-corrected chi connectivity index (χ3v) is 3.59. The van der Waals surface area contributed by atoms with Crippen molar-refractivity contribution in [1.82, 2.24) is 5.32 Å². The van der Waals surface area contributed by atoms with Crippen LogP contribution >= 0.6 is 0 Å². The Morgan fingerprint density at radius 1 is 1.43 bits per heavy atom. The fourth-order valence-electron chi connectivity index (χ4n) is 2.23. The second-order valence-electron chi connectivity index (χ2n) is 5.49. The minimum atomic E-state index is -0.976. The molecule has 1 aromatic carbocycles. The standard InChI is InChI=1S/C16H21NO4/c1-3-13(21-12-6-4-5-10(2)9-12)15(18)17-14(16(19)20)11-7-8-11/h4-6,9,11,13-14H,3,7-8H2,1-2H3,(H,17,18)(H,19,20). The highest BCUT2D eigenvalue weighted by atomic mass is 16.5. The van der Waals surface area contributed by atoms with Crippen LogP contribution in [0.5, 0.6) is 5.75 Å². The summed E-state index contributed by atoms with van der Waals surface area (Å²) in [6, 6.07) is 6.65. The molecule has 5 nitrogen and oxygen atoms in total. The van der Waals surface area contributed by atoms with Crippen molar-refractivity contribution in [2.45, 2.75) is 45.3 Å². The maximum absolute atomic E-state index is 12.2. The number of carbonyl (C=O) groups excluding carboxylic acids is 1. The predicted octanol–water partition coefficient (Wildman–Crippen LogP) is 2.13. The van der Waals surface area contributed by atoms with Gasteiger partial charge < -0.3 is 15.2 Å². The lowest BCUT2D eigenvalue weighted by Crippen LogP contribution is -2.48. The maximum Gasteiger partial charge on any atom is 0.326 e. The summed E-state index contributed by atoms with van der Waals surface area (Å²) in [6.07, 6.45) is 1.52. The fraction of sp³-hybridized carbons (Fsp3) is 0.500. The van der Waals surface area contributed by atoms with Crippen LogP contribution < -0.4 is 10.1 Å². The molecule has 21 heavy (non-hydrogen) atoms. The summed E-state index contributed by atoms with van der Waals surface area (Å²) in [5.41, 5.74) is 1.05. The van der Waals surface area contributed by atoms with Crippen molar-refractivity contribution in [3.05, 3.63) is 29.8 Å². The van der Waals surface area contributed by atoms with Crippen LogP contribution in [0.25, 0.3) is 0 Å². The van der Waals surface area contributed by atoms with Gasteiger partial charge in [0, 0.05) is 0 Å². The second kappa shape index (κ2) is 6.61. The van der Waals surface area contributed by atoms with Gasteiger partial charge in [-0.3, -0.25) is 4.79 Å². The summed E-state index contributed by atoms with van der Waals surface area (Å²) in [5, 5.41) is 11.8. The topological polar surface area (TPSA) is 75.6 Å². The molecule has 0 saturated heterocycles. The summed E-state index contributed by atoms with van der Waals surface area (Å²) >= 11 is 0. The summed E-state index contributed by atoms with van der Waals surface area (Å²) in [5.74, 6) is -0.659. The number of aliphatic carboxylic acids is 1. The highest BCUT2D eigenvalue weighted by molar-refractivity contribution is 5.86. The Bertz CT molecular complexity index is 525. The molecule has 114 valence electrons. The van der Waals surface area contributed by atoms with Crippen molar-refractivity contribution < 1.29 is 19.4 Å². The number of amides is 1. The molecule has 1 aliphatic rings. The molecule has 1 saturated carbocycles. The zero-order chi connectivity index (χ0) is 15.4.